The fourth-order valence-corrected chi connectivity index (χ4v) is 2.27. The molecule has 0 spiro atoms. The van der Waals surface area contributed by atoms with Gasteiger partial charge in [-0.3, -0.25) is 4.79 Å². The van der Waals surface area contributed by atoms with Crippen LogP contribution >= 0.6 is 15.9 Å². The van der Waals surface area contributed by atoms with Gasteiger partial charge in [0.05, 0.1) is 12.7 Å². The van der Waals surface area contributed by atoms with Gasteiger partial charge in [-0.15, -0.1) is 0 Å². The van der Waals surface area contributed by atoms with Crippen molar-refractivity contribution in [3.63, 3.8) is 0 Å². The Labute approximate surface area is 108 Å². The molecule has 4 nitrogen and oxygen atoms in total. The van der Waals surface area contributed by atoms with Crippen molar-refractivity contribution in [2.75, 3.05) is 7.11 Å². The fraction of sp³-hybridized carbons (Fsp3) is 0.333. The van der Waals surface area contributed by atoms with E-state index in [1.54, 1.807) is 6.07 Å². The summed E-state index contributed by atoms with van der Waals surface area (Å²) in [5, 5.41) is 8.70. The lowest BCUT2D eigenvalue weighted by molar-refractivity contribution is -0.131. The number of ether oxygens (including phenoxy) is 1. The van der Waals surface area contributed by atoms with Gasteiger partial charge in [-0.05, 0) is 23.6 Å². The molecule has 0 aliphatic carbocycles. The second-order valence-corrected chi connectivity index (χ2v) is 4.72. The fourth-order valence-electron chi connectivity index (χ4n) is 1.47. The molecule has 0 amide bonds. The van der Waals surface area contributed by atoms with E-state index in [9.17, 15) is 9.59 Å². The van der Waals surface area contributed by atoms with E-state index in [1.165, 1.54) is 13.2 Å². The van der Waals surface area contributed by atoms with Crippen LogP contribution in [0.4, 0.5) is 0 Å². The highest BCUT2D eigenvalue weighted by Gasteiger charge is 2.21. The number of carbonyl (C=O) groups is 2. The number of ketones is 1. The molecule has 1 aromatic carbocycles. The molecule has 0 unspecified atom stereocenters. The van der Waals surface area contributed by atoms with E-state index < -0.39 is 11.8 Å². The molecule has 1 rings (SSSR count). The van der Waals surface area contributed by atoms with Crippen molar-refractivity contribution >= 4 is 27.7 Å². The second kappa shape index (κ2) is 5.31. The van der Waals surface area contributed by atoms with Crippen molar-refractivity contribution in [2.45, 2.75) is 19.8 Å². The highest BCUT2D eigenvalue weighted by Crippen LogP contribution is 2.32. The van der Waals surface area contributed by atoms with Crippen LogP contribution in [0.15, 0.2) is 16.6 Å². The number of hydrogen-bond donors (Lipinski definition) is 1. The Morgan fingerprint density at radius 2 is 1.94 bits per heavy atom. The highest BCUT2D eigenvalue weighted by molar-refractivity contribution is 9.10. The van der Waals surface area contributed by atoms with Gasteiger partial charge in [0, 0.05) is 4.47 Å². The first-order chi connectivity index (χ1) is 7.88. The van der Waals surface area contributed by atoms with Gasteiger partial charge >= 0.3 is 5.97 Å². The molecule has 0 saturated carbocycles. The summed E-state index contributed by atoms with van der Waals surface area (Å²) < 4.78 is 5.76. The molecule has 0 radical (unpaired) electrons. The summed E-state index contributed by atoms with van der Waals surface area (Å²) in [6.07, 6.45) is 0. The molecule has 0 saturated heterocycles. The van der Waals surface area contributed by atoms with E-state index in [0.717, 1.165) is 5.56 Å². The minimum absolute atomic E-state index is 0.0521. The molecule has 17 heavy (non-hydrogen) atoms. The van der Waals surface area contributed by atoms with Crippen LogP contribution in [0.3, 0.4) is 0 Å². The SMILES string of the molecule is COc1cc(C(C)C)c(Br)cc1C(=O)C(=O)O. The number of aliphatic carboxylic acids is 1. The van der Waals surface area contributed by atoms with Crippen LogP contribution < -0.4 is 4.74 Å². The molecule has 0 atom stereocenters. The third-order valence-electron chi connectivity index (χ3n) is 2.38. The molecular weight excluding hydrogens is 288 g/mol. The minimum Gasteiger partial charge on any atom is -0.496 e. The zero-order chi connectivity index (χ0) is 13.2. The number of carbonyl (C=O) groups excluding carboxylic acids is 1. The molecule has 5 heteroatoms. The van der Waals surface area contributed by atoms with Gasteiger partial charge in [-0.2, -0.15) is 0 Å². The smallest absolute Gasteiger partial charge is 0.377 e. The number of benzene rings is 1. The first kappa shape index (κ1) is 13.7. The number of halogens is 1. The Hall–Kier alpha value is -1.36. The Kier molecular flexibility index (Phi) is 4.28. The van der Waals surface area contributed by atoms with E-state index in [1.807, 2.05) is 13.8 Å². The van der Waals surface area contributed by atoms with Crippen LogP contribution in [0, 0.1) is 0 Å². The predicted octanol–water partition coefficient (Wildman–Crippen LogP) is 2.85. The summed E-state index contributed by atoms with van der Waals surface area (Å²) in [5.41, 5.74) is 1.01. The summed E-state index contributed by atoms with van der Waals surface area (Å²) in [6, 6.07) is 3.18. The summed E-state index contributed by atoms with van der Waals surface area (Å²) >= 11 is 3.33. The maximum absolute atomic E-state index is 11.5. The number of rotatable bonds is 4. The normalized spacial score (nSPS) is 10.4. The maximum Gasteiger partial charge on any atom is 0.377 e. The van der Waals surface area contributed by atoms with Crippen molar-refractivity contribution < 1.29 is 19.4 Å². The lowest BCUT2D eigenvalue weighted by Crippen LogP contribution is -2.14. The van der Waals surface area contributed by atoms with E-state index in [-0.39, 0.29) is 17.2 Å². The Balaban J connectivity index is 3.38. The van der Waals surface area contributed by atoms with Gasteiger partial charge in [-0.25, -0.2) is 4.79 Å². The summed E-state index contributed by atoms with van der Waals surface area (Å²) in [5.74, 6) is -1.94. The van der Waals surface area contributed by atoms with Crippen molar-refractivity contribution in [3.05, 3.63) is 27.7 Å². The molecule has 0 heterocycles. The average molecular weight is 301 g/mol. The number of hydrogen-bond acceptors (Lipinski definition) is 3. The number of methoxy groups -OCH3 is 1. The van der Waals surface area contributed by atoms with Crippen molar-refractivity contribution in [2.24, 2.45) is 0 Å². The molecule has 92 valence electrons. The van der Waals surface area contributed by atoms with Crippen molar-refractivity contribution in [3.8, 4) is 5.75 Å². The number of carboxylic acids is 1. The first-order valence-electron chi connectivity index (χ1n) is 5.03. The zero-order valence-corrected chi connectivity index (χ0v) is 11.4. The maximum atomic E-state index is 11.5. The molecule has 1 N–H and O–H groups in total. The van der Waals surface area contributed by atoms with E-state index in [0.29, 0.717) is 4.47 Å². The van der Waals surface area contributed by atoms with Crippen LogP contribution in [0.25, 0.3) is 0 Å². The summed E-state index contributed by atoms with van der Waals surface area (Å²) in [4.78, 5) is 22.1. The Bertz CT molecular complexity index is 466. The summed E-state index contributed by atoms with van der Waals surface area (Å²) in [7, 11) is 1.41. The molecular formula is C12H13BrO4. The lowest BCUT2D eigenvalue weighted by atomic mass is 9.99. The quantitative estimate of drug-likeness (QED) is 0.686. The first-order valence-corrected chi connectivity index (χ1v) is 5.82. The van der Waals surface area contributed by atoms with Crippen LogP contribution in [0.5, 0.6) is 5.75 Å². The average Bonchev–Trinajstić information content (AvgIpc) is 2.27. The van der Waals surface area contributed by atoms with Gasteiger partial charge in [-0.1, -0.05) is 29.8 Å². The monoisotopic (exact) mass is 300 g/mol. The standard InChI is InChI=1S/C12H13BrO4/c1-6(2)7-5-10(17-3)8(4-9(7)13)11(14)12(15)16/h4-6H,1-3H3,(H,15,16). The number of carboxylic acid groups (broad SMARTS) is 1. The van der Waals surface area contributed by atoms with Crippen molar-refractivity contribution in [1.82, 2.24) is 0 Å². The van der Waals surface area contributed by atoms with Gasteiger partial charge in [0.1, 0.15) is 5.75 Å². The molecule has 0 fully saturated rings. The van der Waals surface area contributed by atoms with Gasteiger partial charge in [0.15, 0.2) is 0 Å². The Morgan fingerprint density at radius 3 is 2.35 bits per heavy atom. The van der Waals surface area contributed by atoms with Gasteiger partial charge in [0.2, 0.25) is 0 Å². The topological polar surface area (TPSA) is 63.6 Å². The third-order valence-corrected chi connectivity index (χ3v) is 3.07. The lowest BCUT2D eigenvalue weighted by Gasteiger charge is -2.13. The second-order valence-electron chi connectivity index (χ2n) is 3.86. The van der Waals surface area contributed by atoms with Crippen LogP contribution in [-0.2, 0) is 4.79 Å². The summed E-state index contributed by atoms with van der Waals surface area (Å²) in [6.45, 7) is 4.00. The van der Waals surface area contributed by atoms with Gasteiger partial charge < -0.3 is 9.84 Å². The molecule has 0 aromatic heterocycles. The molecule has 1 aromatic rings. The zero-order valence-electron chi connectivity index (χ0n) is 9.78. The highest BCUT2D eigenvalue weighted by atomic mass is 79.9. The predicted molar refractivity (Wildman–Crippen MR) is 66.7 cm³/mol. The van der Waals surface area contributed by atoms with Crippen LogP contribution in [0.2, 0.25) is 0 Å². The third kappa shape index (κ3) is 2.85. The van der Waals surface area contributed by atoms with Crippen LogP contribution in [-0.4, -0.2) is 24.0 Å². The number of Topliss-reactive ketones (excluding diaryl/α,β-unsaturated/α-hetero) is 1. The Morgan fingerprint density at radius 1 is 1.35 bits per heavy atom. The van der Waals surface area contributed by atoms with E-state index in [4.69, 9.17) is 9.84 Å². The molecule has 0 aliphatic rings. The molecule has 0 bridgehead atoms. The van der Waals surface area contributed by atoms with E-state index in [2.05, 4.69) is 15.9 Å². The van der Waals surface area contributed by atoms with Crippen molar-refractivity contribution in [1.29, 1.82) is 0 Å². The largest absolute Gasteiger partial charge is 0.496 e. The van der Waals surface area contributed by atoms with E-state index >= 15 is 0 Å². The van der Waals surface area contributed by atoms with Gasteiger partial charge in [0.25, 0.3) is 5.78 Å². The molecule has 0 aliphatic heterocycles. The van der Waals surface area contributed by atoms with Crippen LogP contribution in [0.1, 0.15) is 35.7 Å². The minimum atomic E-state index is -1.49.